The van der Waals surface area contributed by atoms with Crippen molar-refractivity contribution in [2.24, 2.45) is 0 Å². The summed E-state index contributed by atoms with van der Waals surface area (Å²) in [5.74, 6) is -0.199. The summed E-state index contributed by atoms with van der Waals surface area (Å²) in [5.41, 5.74) is 1.43. The molecular formula is C18H17F3N2O2S. The highest BCUT2D eigenvalue weighted by Crippen LogP contribution is 2.32. The number of benzene rings is 2. The fourth-order valence-electron chi connectivity index (χ4n) is 2.60. The molecule has 1 heterocycles. The average molecular weight is 382 g/mol. The molecule has 0 aromatic heterocycles. The summed E-state index contributed by atoms with van der Waals surface area (Å²) in [6.45, 7) is 0.304. The van der Waals surface area contributed by atoms with Crippen molar-refractivity contribution < 1.29 is 22.7 Å². The Labute approximate surface area is 153 Å². The minimum Gasteiger partial charge on any atom is -0.488 e. The van der Waals surface area contributed by atoms with Crippen LogP contribution in [0.25, 0.3) is 0 Å². The predicted octanol–water partition coefficient (Wildman–Crippen LogP) is 4.47. The number of carbonyl (C=O) groups excluding carboxylic acids is 1. The van der Waals surface area contributed by atoms with E-state index in [-0.39, 0.29) is 6.10 Å². The Bertz CT molecular complexity index is 758. The number of thioether (sulfide) groups is 1. The monoisotopic (exact) mass is 382 g/mol. The van der Waals surface area contributed by atoms with E-state index in [9.17, 15) is 18.0 Å². The Morgan fingerprint density at radius 1 is 1.15 bits per heavy atom. The van der Waals surface area contributed by atoms with Gasteiger partial charge in [-0.25, -0.2) is 4.79 Å². The van der Waals surface area contributed by atoms with Crippen molar-refractivity contribution in [3.8, 4) is 5.75 Å². The number of fused-ring (bicyclic) bond motifs is 1. The molecule has 0 radical (unpaired) electrons. The van der Waals surface area contributed by atoms with Crippen molar-refractivity contribution in [1.29, 1.82) is 0 Å². The summed E-state index contributed by atoms with van der Waals surface area (Å²) in [5, 5.41) is 5.30. The van der Waals surface area contributed by atoms with Gasteiger partial charge < -0.3 is 15.4 Å². The van der Waals surface area contributed by atoms with E-state index in [1.54, 1.807) is 24.3 Å². The maximum Gasteiger partial charge on any atom is 0.398 e. The van der Waals surface area contributed by atoms with E-state index in [1.165, 1.54) is 0 Å². The number of rotatable bonds is 5. The summed E-state index contributed by atoms with van der Waals surface area (Å²) < 4.78 is 43.0. The van der Waals surface area contributed by atoms with Gasteiger partial charge in [-0.15, -0.1) is 11.8 Å². The first-order valence-electron chi connectivity index (χ1n) is 7.99. The fraction of sp³-hybridized carbons (Fsp3) is 0.278. The van der Waals surface area contributed by atoms with E-state index in [4.69, 9.17) is 4.74 Å². The molecule has 1 atom stereocenters. The number of urea groups is 1. The minimum absolute atomic E-state index is 0.159. The lowest BCUT2D eigenvalue weighted by Crippen LogP contribution is -2.37. The largest absolute Gasteiger partial charge is 0.488 e. The van der Waals surface area contributed by atoms with E-state index < -0.39 is 18.0 Å². The molecule has 4 nitrogen and oxygen atoms in total. The van der Waals surface area contributed by atoms with Crippen LogP contribution in [-0.2, 0) is 6.42 Å². The standard InChI is InChI=1S/C18H17F3N2O2S/c19-18(20,21)11-26-16-8-4-2-6-14(16)23-17(24)22-10-13-9-12-5-1-3-7-15(12)25-13/h1-8,13H,9-11H2,(H2,22,23,24). The highest BCUT2D eigenvalue weighted by molar-refractivity contribution is 7.99. The lowest BCUT2D eigenvalue weighted by atomic mass is 10.1. The van der Waals surface area contributed by atoms with Gasteiger partial charge in [0.05, 0.1) is 18.0 Å². The van der Waals surface area contributed by atoms with Crippen LogP contribution in [0.1, 0.15) is 5.56 Å². The van der Waals surface area contributed by atoms with Crippen molar-refractivity contribution in [3.05, 3.63) is 54.1 Å². The third kappa shape index (κ3) is 5.08. The molecule has 8 heteroatoms. The van der Waals surface area contributed by atoms with E-state index in [1.807, 2.05) is 24.3 Å². The van der Waals surface area contributed by atoms with Crippen LogP contribution in [0.5, 0.6) is 5.75 Å². The molecule has 2 aromatic carbocycles. The van der Waals surface area contributed by atoms with Crippen molar-refractivity contribution >= 4 is 23.5 Å². The van der Waals surface area contributed by atoms with Crippen molar-refractivity contribution in [2.45, 2.75) is 23.6 Å². The van der Waals surface area contributed by atoms with E-state index >= 15 is 0 Å². The number of ether oxygens (including phenoxy) is 1. The molecule has 0 saturated heterocycles. The Kier molecular flexibility index (Phi) is 5.61. The Hall–Kier alpha value is -2.35. The van der Waals surface area contributed by atoms with Crippen molar-refractivity contribution in [2.75, 3.05) is 17.6 Å². The smallest absolute Gasteiger partial charge is 0.398 e. The molecule has 1 aliphatic heterocycles. The number of nitrogens with one attached hydrogen (secondary N) is 2. The van der Waals surface area contributed by atoms with Gasteiger partial charge in [-0.2, -0.15) is 13.2 Å². The summed E-state index contributed by atoms with van der Waals surface area (Å²) in [6.07, 6.45) is -3.73. The maximum atomic E-state index is 12.4. The van der Waals surface area contributed by atoms with Gasteiger partial charge in [0, 0.05) is 11.3 Å². The molecule has 2 N–H and O–H groups in total. The molecule has 0 saturated carbocycles. The SMILES string of the molecule is O=C(NCC1Cc2ccccc2O1)Nc1ccccc1SCC(F)(F)F. The highest BCUT2D eigenvalue weighted by atomic mass is 32.2. The maximum absolute atomic E-state index is 12.4. The molecule has 0 aliphatic carbocycles. The lowest BCUT2D eigenvalue weighted by molar-refractivity contribution is -0.105. The van der Waals surface area contributed by atoms with Gasteiger partial charge in [0.1, 0.15) is 11.9 Å². The predicted molar refractivity (Wildman–Crippen MR) is 94.8 cm³/mol. The fourth-order valence-corrected chi connectivity index (χ4v) is 3.36. The molecule has 138 valence electrons. The Balaban J connectivity index is 1.51. The second-order valence-electron chi connectivity index (χ2n) is 5.79. The van der Waals surface area contributed by atoms with Crippen LogP contribution in [0.2, 0.25) is 0 Å². The molecule has 0 spiro atoms. The number of amides is 2. The van der Waals surface area contributed by atoms with Gasteiger partial charge in [0.2, 0.25) is 0 Å². The second-order valence-corrected chi connectivity index (χ2v) is 6.80. The molecule has 3 rings (SSSR count). The number of hydrogen-bond donors (Lipinski definition) is 2. The first-order chi connectivity index (χ1) is 12.4. The lowest BCUT2D eigenvalue weighted by Gasteiger charge is -2.14. The van der Waals surface area contributed by atoms with Crippen molar-refractivity contribution in [3.63, 3.8) is 0 Å². The number of hydrogen-bond acceptors (Lipinski definition) is 3. The van der Waals surface area contributed by atoms with Crippen LogP contribution in [-0.4, -0.2) is 30.6 Å². The second kappa shape index (κ2) is 7.90. The molecule has 0 fully saturated rings. The third-order valence-electron chi connectivity index (χ3n) is 3.73. The van der Waals surface area contributed by atoms with Crippen LogP contribution >= 0.6 is 11.8 Å². The zero-order valence-electron chi connectivity index (χ0n) is 13.7. The first-order valence-corrected chi connectivity index (χ1v) is 8.97. The Morgan fingerprint density at radius 2 is 1.88 bits per heavy atom. The van der Waals surface area contributed by atoms with Gasteiger partial charge in [0.15, 0.2) is 0 Å². The van der Waals surface area contributed by atoms with Gasteiger partial charge in [-0.1, -0.05) is 30.3 Å². The van der Waals surface area contributed by atoms with Gasteiger partial charge in [0.25, 0.3) is 0 Å². The number of carbonyl (C=O) groups is 1. The third-order valence-corrected chi connectivity index (χ3v) is 4.87. The number of alkyl halides is 3. The minimum atomic E-state index is -4.27. The van der Waals surface area contributed by atoms with Gasteiger partial charge in [-0.05, 0) is 23.8 Å². The Morgan fingerprint density at radius 3 is 2.65 bits per heavy atom. The van der Waals surface area contributed by atoms with Crippen LogP contribution in [0.15, 0.2) is 53.4 Å². The van der Waals surface area contributed by atoms with Crippen LogP contribution in [0.4, 0.5) is 23.7 Å². The summed E-state index contributed by atoms with van der Waals surface area (Å²) in [6, 6.07) is 13.6. The van der Waals surface area contributed by atoms with Crippen LogP contribution in [0, 0.1) is 0 Å². The van der Waals surface area contributed by atoms with Gasteiger partial charge in [-0.3, -0.25) is 0 Å². The molecule has 1 aliphatic rings. The summed E-state index contributed by atoms with van der Waals surface area (Å²) in [7, 11) is 0. The molecule has 2 aromatic rings. The van der Waals surface area contributed by atoms with Crippen LogP contribution < -0.4 is 15.4 Å². The summed E-state index contributed by atoms with van der Waals surface area (Å²) in [4.78, 5) is 12.5. The number of anilines is 1. The quantitative estimate of drug-likeness (QED) is 0.751. The normalized spacial score (nSPS) is 15.9. The molecular weight excluding hydrogens is 365 g/mol. The van der Waals surface area contributed by atoms with Crippen LogP contribution in [0.3, 0.4) is 0 Å². The molecule has 26 heavy (non-hydrogen) atoms. The highest BCUT2D eigenvalue weighted by Gasteiger charge is 2.28. The molecule has 1 unspecified atom stereocenters. The topological polar surface area (TPSA) is 50.4 Å². The zero-order chi connectivity index (χ0) is 18.6. The van der Waals surface area contributed by atoms with Gasteiger partial charge >= 0.3 is 12.2 Å². The van der Waals surface area contributed by atoms with E-state index in [0.717, 1.165) is 11.3 Å². The molecule has 0 bridgehead atoms. The van der Waals surface area contributed by atoms with Crippen molar-refractivity contribution in [1.82, 2.24) is 5.32 Å². The van der Waals surface area contributed by atoms with E-state index in [0.29, 0.717) is 35.3 Å². The average Bonchev–Trinajstić information content (AvgIpc) is 3.01. The summed E-state index contributed by atoms with van der Waals surface area (Å²) >= 11 is 0.639. The molecule has 2 amide bonds. The van der Waals surface area contributed by atoms with E-state index in [2.05, 4.69) is 10.6 Å². The number of para-hydroxylation sites is 2. The number of halogens is 3. The zero-order valence-corrected chi connectivity index (χ0v) is 14.5. The first kappa shape index (κ1) is 18.4.